The number of nitrogens with one attached hydrogen (secondary N) is 1. The third kappa shape index (κ3) is 3.84. The molecule has 1 N–H and O–H groups in total. The van der Waals surface area contributed by atoms with Crippen molar-refractivity contribution < 1.29 is 0 Å². The molecule has 184 valence electrons. The van der Waals surface area contributed by atoms with Crippen LogP contribution in [0, 0.1) is 0 Å². The van der Waals surface area contributed by atoms with Crippen molar-refractivity contribution in [2.24, 2.45) is 0 Å². The molecule has 0 radical (unpaired) electrons. The highest BCUT2D eigenvalue weighted by molar-refractivity contribution is 7.99. The summed E-state index contributed by atoms with van der Waals surface area (Å²) in [5.74, 6) is 0.740. The Labute approximate surface area is 227 Å². The third-order valence-corrected chi connectivity index (χ3v) is 8.70. The highest BCUT2D eigenvalue weighted by Crippen LogP contribution is 2.50. The maximum Gasteiger partial charge on any atom is 0.160 e. The number of para-hydroxylation sites is 1. The number of hydrogen-bond acceptors (Lipinski definition) is 4. The van der Waals surface area contributed by atoms with E-state index in [0.717, 1.165) is 51.4 Å². The van der Waals surface area contributed by atoms with Gasteiger partial charge in [-0.1, -0.05) is 98.4 Å². The molecule has 0 amide bonds. The van der Waals surface area contributed by atoms with E-state index in [-0.39, 0.29) is 5.41 Å². The van der Waals surface area contributed by atoms with Gasteiger partial charge in [0.1, 0.15) is 0 Å². The highest BCUT2D eigenvalue weighted by Gasteiger charge is 2.33. The van der Waals surface area contributed by atoms with E-state index in [0.29, 0.717) is 0 Å². The predicted octanol–water partition coefficient (Wildman–Crippen LogP) is 8.25. The molecule has 0 aliphatic carbocycles. The largest absolute Gasteiger partial charge is 0.381 e. The van der Waals surface area contributed by atoms with Crippen LogP contribution in [0.3, 0.4) is 0 Å². The third-order valence-electron chi connectivity index (χ3n) is 7.55. The molecule has 0 saturated heterocycles. The molecule has 0 atom stereocenters. The summed E-state index contributed by atoms with van der Waals surface area (Å²) in [6.45, 7) is 5.49. The fourth-order valence-corrected chi connectivity index (χ4v) is 6.88. The van der Waals surface area contributed by atoms with Crippen molar-refractivity contribution in [1.82, 2.24) is 15.3 Å². The first-order valence-corrected chi connectivity index (χ1v) is 13.8. The Morgan fingerprint density at radius 2 is 1.55 bits per heavy atom. The maximum absolute atomic E-state index is 5.20. The zero-order valence-electron chi connectivity index (χ0n) is 21.4. The fraction of sp³-hybridized carbons (Fsp3) is 0.118. The monoisotopic (exact) mass is 509 g/mol. The Bertz CT molecular complexity index is 1780. The van der Waals surface area contributed by atoms with Gasteiger partial charge in [-0.15, -0.1) is 0 Å². The van der Waals surface area contributed by atoms with Crippen LogP contribution in [0.2, 0.25) is 0 Å². The van der Waals surface area contributed by atoms with Gasteiger partial charge >= 0.3 is 0 Å². The number of allylic oxidation sites excluding steroid dienone is 2. The first kappa shape index (κ1) is 23.0. The quantitative estimate of drug-likeness (QED) is 0.266. The zero-order valence-corrected chi connectivity index (χ0v) is 22.2. The van der Waals surface area contributed by atoms with Gasteiger partial charge in [0.25, 0.3) is 0 Å². The predicted molar refractivity (Wildman–Crippen MR) is 158 cm³/mol. The fourth-order valence-electron chi connectivity index (χ4n) is 5.50. The van der Waals surface area contributed by atoms with E-state index >= 15 is 0 Å². The van der Waals surface area contributed by atoms with Gasteiger partial charge in [0.05, 0.1) is 11.2 Å². The summed E-state index contributed by atoms with van der Waals surface area (Å²) in [6.07, 6.45) is 6.32. The summed E-state index contributed by atoms with van der Waals surface area (Å²) in [6, 6.07) is 32.4. The van der Waals surface area contributed by atoms with Crippen molar-refractivity contribution in [3.8, 4) is 22.6 Å². The van der Waals surface area contributed by atoms with Crippen LogP contribution in [0.1, 0.15) is 30.5 Å². The molecule has 7 rings (SSSR count). The molecule has 3 nitrogen and oxygen atoms in total. The standard InChI is InChI=1S/C34H27N3S/c1-34(2)26-13-4-6-16-30(26)38-31-18-17-23(21-27(31)34)32-25-12-3-5-15-29(25)36-33(37-32)24-11-9-10-22(20-24)28-14-7-8-19-35-28/h3-18,20-21,35H,19H2,1-2H3. The molecule has 2 aliphatic heterocycles. The molecule has 2 aliphatic rings. The lowest BCUT2D eigenvalue weighted by Gasteiger charge is -2.34. The van der Waals surface area contributed by atoms with Crippen LogP contribution >= 0.6 is 11.8 Å². The van der Waals surface area contributed by atoms with Crippen LogP contribution < -0.4 is 5.32 Å². The van der Waals surface area contributed by atoms with Gasteiger partial charge in [-0.05, 0) is 53.1 Å². The summed E-state index contributed by atoms with van der Waals surface area (Å²) >= 11 is 1.86. The number of dihydropyridines is 1. The Balaban J connectivity index is 1.38. The van der Waals surface area contributed by atoms with Crippen molar-refractivity contribution in [3.63, 3.8) is 0 Å². The minimum atomic E-state index is -0.0949. The lowest BCUT2D eigenvalue weighted by atomic mass is 9.77. The number of hydrogen-bond donors (Lipinski definition) is 1. The van der Waals surface area contributed by atoms with Gasteiger partial charge in [0.15, 0.2) is 5.82 Å². The van der Waals surface area contributed by atoms with Crippen LogP contribution in [-0.4, -0.2) is 16.5 Å². The second kappa shape index (κ2) is 9.00. The first-order valence-electron chi connectivity index (χ1n) is 13.0. The van der Waals surface area contributed by atoms with Gasteiger partial charge in [-0.25, -0.2) is 9.97 Å². The average Bonchev–Trinajstić information content (AvgIpc) is 2.97. The molecule has 4 aromatic carbocycles. The van der Waals surface area contributed by atoms with Gasteiger partial charge in [-0.3, -0.25) is 0 Å². The van der Waals surface area contributed by atoms with Crippen molar-refractivity contribution in [3.05, 3.63) is 126 Å². The van der Waals surface area contributed by atoms with E-state index in [4.69, 9.17) is 9.97 Å². The van der Waals surface area contributed by atoms with Crippen LogP contribution in [0.4, 0.5) is 0 Å². The summed E-state index contributed by atoms with van der Waals surface area (Å²) in [5, 5.41) is 4.52. The second-order valence-corrected chi connectivity index (χ2v) is 11.4. The van der Waals surface area contributed by atoms with Crippen molar-refractivity contribution in [1.29, 1.82) is 0 Å². The maximum atomic E-state index is 5.20. The molecule has 3 heterocycles. The molecule has 0 spiro atoms. The first-order chi connectivity index (χ1) is 18.6. The summed E-state index contributed by atoms with van der Waals surface area (Å²) < 4.78 is 0. The minimum Gasteiger partial charge on any atom is -0.381 e. The van der Waals surface area contributed by atoms with Crippen LogP contribution in [0.25, 0.3) is 39.2 Å². The molecule has 4 heteroatoms. The number of aromatic nitrogens is 2. The van der Waals surface area contributed by atoms with Gasteiger partial charge < -0.3 is 5.32 Å². The number of nitrogens with zero attached hydrogens (tertiary/aromatic N) is 2. The molecule has 0 saturated carbocycles. The van der Waals surface area contributed by atoms with E-state index in [1.54, 1.807) is 0 Å². The van der Waals surface area contributed by atoms with E-state index < -0.39 is 0 Å². The molecule has 38 heavy (non-hydrogen) atoms. The molecular formula is C34H27N3S. The normalized spacial score (nSPS) is 15.4. The van der Waals surface area contributed by atoms with Crippen LogP contribution in [0.15, 0.2) is 119 Å². The van der Waals surface area contributed by atoms with Crippen molar-refractivity contribution >= 4 is 28.4 Å². The summed E-state index contributed by atoms with van der Waals surface area (Å²) in [7, 11) is 0. The molecule has 1 aromatic heterocycles. The lowest BCUT2D eigenvalue weighted by Crippen LogP contribution is -2.23. The van der Waals surface area contributed by atoms with Gasteiger partial charge in [0, 0.05) is 44.0 Å². The summed E-state index contributed by atoms with van der Waals surface area (Å²) in [4.78, 5) is 12.8. The molecule has 0 fully saturated rings. The van der Waals surface area contributed by atoms with E-state index in [1.165, 1.54) is 20.9 Å². The average molecular weight is 510 g/mol. The Kier molecular flexibility index (Phi) is 5.45. The lowest BCUT2D eigenvalue weighted by molar-refractivity contribution is 0.607. The second-order valence-electron chi connectivity index (χ2n) is 10.3. The van der Waals surface area contributed by atoms with Gasteiger partial charge in [-0.2, -0.15) is 0 Å². The Morgan fingerprint density at radius 1 is 0.737 bits per heavy atom. The van der Waals surface area contributed by atoms with Gasteiger partial charge in [0.2, 0.25) is 0 Å². The zero-order chi connectivity index (χ0) is 25.7. The van der Waals surface area contributed by atoms with E-state index in [1.807, 2.05) is 17.8 Å². The topological polar surface area (TPSA) is 37.8 Å². The minimum absolute atomic E-state index is 0.0949. The Hall–Kier alpha value is -4.15. The molecule has 0 bridgehead atoms. The highest BCUT2D eigenvalue weighted by atomic mass is 32.2. The van der Waals surface area contributed by atoms with Crippen LogP contribution in [-0.2, 0) is 5.41 Å². The number of rotatable bonds is 3. The number of fused-ring (bicyclic) bond motifs is 3. The molecule has 0 unspecified atom stereocenters. The van der Waals surface area contributed by atoms with E-state index in [9.17, 15) is 0 Å². The number of benzene rings is 4. The Morgan fingerprint density at radius 3 is 2.45 bits per heavy atom. The molecular weight excluding hydrogens is 482 g/mol. The van der Waals surface area contributed by atoms with Crippen molar-refractivity contribution in [2.75, 3.05) is 6.54 Å². The van der Waals surface area contributed by atoms with Crippen LogP contribution in [0.5, 0.6) is 0 Å². The van der Waals surface area contributed by atoms with E-state index in [2.05, 4.69) is 122 Å². The summed E-state index contributed by atoms with van der Waals surface area (Å²) in [5.41, 5.74) is 8.92. The molecule has 5 aromatic rings. The van der Waals surface area contributed by atoms with Crippen molar-refractivity contribution in [2.45, 2.75) is 29.1 Å². The SMILES string of the molecule is CC1(C)c2ccccc2Sc2ccc(-c3nc(-c4cccc(C5=CC=CCN5)c4)nc4ccccc34)cc21. The smallest absolute Gasteiger partial charge is 0.160 e.